The molecule has 0 amide bonds. The van der Waals surface area contributed by atoms with Crippen LogP contribution in [-0.4, -0.2) is 33.0 Å². The molecule has 120 valence electrons. The van der Waals surface area contributed by atoms with Gasteiger partial charge in [0.2, 0.25) is 10.0 Å². The smallest absolute Gasteiger partial charge is 0.242 e. The van der Waals surface area contributed by atoms with Gasteiger partial charge in [-0.05, 0) is 44.8 Å². The van der Waals surface area contributed by atoms with E-state index in [0.717, 1.165) is 0 Å². The van der Waals surface area contributed by atoms with Crippen molar-refractivity contribution in [3.05, 3.63) is 27.7 Å². The molecule has 1 aromatic rings. The zero-order valence-electron chi connectivity index (χ0n) is 12.5. The molecule has 4 nitrogen and oxygen atoms in total. The Labute approximate surface area is 141 Å². The minimum Gasteiger partial charge on any atom is -0.316 e. The lowest BCUT2D eigenvalue weighted by molar-refractivity contribution is 0.570. The number of nitrogens with one attached hydrogen (secondary N) is 2. The van der Waals surface area contributed by atoms with Crippen LogP contribution in [0, 0.1) is 0 Å². The van der Waals surface area contributed by atoms with Crippen LogP contribution in [0.2, 0.25) is 10.0 Å². The molecule has 0 atom stereocenters. The summed E-state index contributed by atoms with van der Waals surface area (Å²) >= 11 is 13.8. The molecule has 0 aliphatic heterocycles. The SMILES string of the molecule is CNCc1cc(Cl)cc(S(=O)(=O)NCC(C)(C)SC)c1Cl. The molecule has 21 heavy (non-hydrogen) atoms. The van der Waals surface area contributed by atoms with Gasteiger partial charge in [-0.25, -0.2) is 13.1 Å². The highest BCUT2D eigenvalue weighted by Crippen LogP contribution is 2.30. The van der Waals surface area contributed by atoms with Crippen LogP contribution in [0.15, 0.2) is 17.0 Å². The molecular weight excluding hydrogens is 351 g/mol. The van der Waals surface area contributed by atoms with E-state index in [9.17, 15) is 8.42 Å². The largest absolute Gasteiger partial charge is 0.316 e. The van der Waals surface area contributed by atoms with Crippen LogP contribution in [0.25, 0.3) is 0 Å². The van der Waals surface area contributed by atoms with Crippen LogP contribution in [-0.2, 0) is 16.6 Å². The van der Waals surface area contributed by atoms with Crippen LogP contribution < -0.4 is 10.0 Å². The molecule has 0 bridgehead atoms. The zero-order chi connectivity index (χ0) is 16.3. The van der Waals surface area contributed by atoms with E-state index in [1.165, 1.54) is 6.07 Å². The number of sulfonamides is 1. The molecule has 0 aliphatic rings. The number of benzene rings is 1. The third kappa shape index (κ3) is 5.30. The number of halogens is 2. The Hall–Kier alpha value is 0.0200. The van der Waals surface area contributed by atoms with E-state index in [-0.39, 0.29) is 14.7 Å². The van der Waals surface area contributed by atoms with E-state index < -0.39 is 10.0 Å². The first kappa shape index (κ1) is 19.1. The third-order valence-corrected chi connectivity index (χ3v) is 6.43. The monoisotopic (exact) mass is 370 g/mol. The molecule has 0 saturated heterocycles. The van der Waals surface area contributed by atoms with E-state index in [4.69, 9.17) is 23.2 Å². The molecule has 0 aromatic heterocycles. The number of thioether (sulfide) groups is 1. The first-order chi connectivity index (χ1) is 9.63. The summed E-state index contributed by atoms with van der Waals surface area (Å²) in [7, 11) is -1.95. The Morgan fingerprint density at radius 2 is 1.90 bits per heavy atom. The number of rotatable bonds is 7. The van der Waals surface area contributed by atoms with Gasteiger partial charge in [0.1, 0.15) is 4.90 Å². The van der Waals surface area contributed by atoms with Gasteiger partial charge in [-0.2, -0.15) is 11.8 Å². The Kier molecular flexibility index (Phi) is 6.83. The first-order valence-electron chi connectivity index (χ1n) is 6.30. The molecule has 0 unspecified atom stereocenters. The lowest BCUT2D eigenvalue weighted by Gasteiger charge is -2.22. The van der Waals surface area contributed by atoms with Gasteiger partial charge in [0.25, 0.3) is 0 Å². The van der Waals surface area contributed by atoms with Crippen LogP contribution in [0.5, 0.6) is 0 Å². The first-order valence-corrected chi connectivity index (χ1v) is 9.76. The Morgan fingerprint density at radius 3 is 2.43 bits per heavy atom. The summed E-state index contributed by atoms with van der Waals surface area (Å²) in [6.07, 6.45) is 1.94. The predicted octanol–water partition coefficient (Wildman–Crippen LogP) is 3.13. The summed E-state index contributed by atoms with van der Waals surface area (Å²) < 4.78 is 27.3. The van der Waals surface area contributed by atoms with Gasteiger partial charge >= 0.3 is 0 Å². The van der Waals surface area contributed by atoms with E-state index in [0.29, 0.717) is 23.7 Å². The van der Waals surface area contributed by atoms with Crippen molar-refractivity contribution in [2.45, 2.75) is 30.0 Å². The Balaban J connectivity index is 3.14. The van der Waals surface area contributed by atoms with Crippen molar-refractivity contribution in [2.24, 2.45) is 0 Å². The van der Waals surface area contributed by atoms with Gasteiger partial charge in [0.15, 0.2) is 0 Å². The summed E-state index contributed by atoms with van der Waals surface area (Å²) in [5.74, 6) is 0. The van der Waals surface area contributed by atoms with Gasteiger partial charge in [-0.1, -0.05) is 23.2 Å². The van der Waals surface area contributed by atoms with E-state index >= 15 is 0 Å². The fourth-order valence-electron chi connectivity index (χ4n) is 1.55. The van der Waals surface area contributed by atoms with E-state index in [2.05, 4.69) is 10.0 Å². The molecule has 0 fully saturated rings. The van der Waals surface area contributed by atoms with Crippen LogP contribution in [0.3, 0.4) is 0 Å². The van der Waals surface area contributed by atoms with Crippen molar-refractivity contribution in [1.29, 1.82) is 0 Å². The quantitative estimate of drug-likeness (QED) is 0.773. The molecule has 1 rings (SSSR count). The molecule has 0 aliphatic carbocycles. The summed E-state index contributed by atoms with van der Waals surface area (Å²) in [5.41, 5.74) is 0.649. The predicted molar refractivity (Wildman–Crippen MR) is 92.0 cm³/mol. The second-order valence-corrected chi connectivity index (χ2v) is 9.26. The van der Waals surface area contributed by atoms with Crippen molar-refractivity contribution >= 4 is 45.0 Å². The lowest BCUT2D eigenvalue weighted by atomic mass is 10.2. The summed E-state index contributed by atoms with van der Waals surface area (Å²) in [6, 6.07) is 3.03. The highest BCUT2D eigenvalue weighted by Gasteiger charge is 2.24. The fraction of sp³-hybridized carbons (Fsp3) is 0.538. The van der Waals surface area contributed by atoms with Crippen molar-refractivity contribution in [3.8, 4) is 0 Å². The highest BCUT2D eigenvalue weighted by atomic mass is 35.5. The van der Waals surface area contributed by atoms with Gasteiger partial charge in [-0.3, -0.25) is 0 Å². The standard InChI is InChI=1S/C13H20Cl2N2O2S2/c1-13(2,20-4)8-17-21(18,19)11-6-10(14)5-9(7-16-3)12(11)15/h5-6,16-17H,7-8H2,1-4H3. The van der Waals surface area contributed by atoms with E-state index in [1.807, 2.05) is 20.1 Å². The lowest BCUT2D eigenvalue weighted by Crippen LogP contribution is -2.36. The highest BCUT2D eigenvalue weighted by molar-refractivity contribution is 8.00. The van der Waals surface area contributed by atoms with Crippen LogP contribution >= 0.6 is 35.0 Å². The van der Waals surface area contributed by atoms with Crippen molar-refractivity contribution in [3.63, 3.8) is 0 Å². The average molecular weight is 371 g/mol. The second-order valence-electron chi connectivity index (χ2n) is 5.20. The van der Waals surface area contributed by atoms with Gasteiger partial charge < -0.3 is 5.32 Å². The van der Waals surface area contributed by atoms with Crippen molar-refractivity contribution in [1.82, 2.24) is 10.0 Å². The average Bonchev–Trinajstić information content (AvgIpc) is 2.41. The van der Waals surface area contributed by atoms with Crippen LogP contribution in [0.4, 0.5) is 0 Å². The molecule has 1 aromatic carbocycles. The molecule has 8 heteroatoms. The normalized spacial score (nSPS) is 12.7. The van der Waals surface area contributed by atoms with Crippen LogP contribution in [0.1, 0.15) is 19.4 Å². The van der Waals surface area contributed by atoms with Crippen molar-refractivity contribution in [2.75, 3.05) is 19.8 Å². The summed E-state index contributed by atoms with van der Waals surface area (Å²) in [6.45, 7) is 4.68. The second kappa shape index (κ2) is 7.53. The molecule has 0 saturated carbocycles. The van der Waals surface area contributed by atoms with Gasteiger partial charge in [0.05, 0.1) is 5.02 Å². The summed E-state index contributed by atoms with van der Waals surface area (Å²) in [4.78, 5) is 0.0128. The zero-order valence-corrected chi connectivity index (χ0v) is 15.6. The maximum absolute atomic E-state index is 12.4. The number of hydrogen-bond donors (Lipinski definition) is 2. The molecule has 0 radical (unpaired) electrons. The van der Waals surface area contributed by atoms with E-state index in [1.54, 1.807) is 24.9 Å². The molecule has 2 N–H and O–H groups in total. The fourth-order valence-corrected chi connectivity index (χ4v) is 4.00. The maximum Gasteiger partial charge on any atom is 0.242 e. The van der Waals surface area contributed by atoms with Crippen molar-refractivity contribution < 1.29 is 8.42 Å². The summed E-state index contributed by atoms with van der Waals surface area (Å²) in [5, 5.41) is 3.47. The topological polar surface area (TPSA) is 58.2 Å². The number of hydrogen-bond acceptors (Lipinski definition) is 4. The van der Waals surface area contributed by atoms with Gasteiger partial charge in [-0.15, -0.1) is 0 Å². The molecule has 0 heterocycles. The van der Waals surface area contributed by atoms with Gasteiger partial charge in [0, 0.05) is 22.9 Å². The minimum atomic E-state index is -3.71. The minimum absolute atomic E-state index is 0.0128. The maximum atomic E-state index is 12.4. The third-order valence-electron chi connectivity index (χ3n) is 2.98. The Morgan fingerprint density at radius 1 is 1.29 bits per heavy atom. The Bertz CT molecular complexity index is 604. The molecular formula is C13H20Cl2N2O2S2. The molecule has 0 spiro atoms.